The van der Waals surface area contributed by atoms with Gasteiger partial charge in [-0.15, -0.1) is 0 Å². The fourth-order valence-corrected chi connectivity index (χ4v) is 3.02. The summed E-state index contributed by atoms with van der Waals surface area (Å²) in [5.41, 5.74) is 4.37. The summed E-state index contributed by atoms with van der Waals surface area (Å²) in [5.74, 6) is -0.482. The first-order valence-corrected chi connectivity index (χ1v) is 8.05. The predicted molar refractivity (Wildman–Crippen MR) is 95.7 cm³/mol. The van der Waals surface area contributed by atoms with E-state index in [0.717, 1.165) is 11.1 Å². The van der Waals surface area contributed by atoms with E-state index in [1.807, 2.05) is 25.5 Å². The van der Waals surface area contributed by atoms with Gasteiger partial charge >= 0.3 is 5.97 Å². The SMILES string of the molecule is COC(=O)c1cc(-c2cc(-c3cnn(C)c3)cn3ncc(C#N)c23)nn1C. The van der Waals surface area contributed by atoms with Crippen LogP contribution in [0.4, 0.5) is 0 Å². The van der Waals surface area contributed by atoms with Gasteiger partial charge in [0.15, 0.2) is 0 Å². The molecular weight excluding hydrogens is 346 g/mol. The smallest absolute Gasteiger partial charge is 0.356 e. The Balaban J connectivity index is 1.99. The van der Waals surface area contributed by atoms with Gasteiger partial charge in [0.25, 0.3) is 0 Å². The van der Waals surface area contributed by atoms with Crippen LogP contribution in [0.3, 0.4) is 0 Å². The van der Waals surface area contributed by atoms with Gasteiger partial charge in [-0.05, 0) is 12.1 Å². The molecule has 0 N–H and O–H groups in total. The Kier molecular flexibility index (Phi) is 3.74. The van der Waals surface area contributed by atoms with Crippen molar-refractivity contribution in [2.24, 2.45) is 14.1 Å². The quantitative estimate of drug-likeness (QED) is 0.516. The largest absolute Gasteiger partial charge is 0.464 e. The summed E-state index contributed by atoms with van der Waals surface area (Å²) < 4.78 is 9.60. The summed E-state index contributed by atoms with van der Waals surface area (Å²) in [5, 5.41) is 22.4. The maximum Gasteiger partial charge on any atom is 0.356 e. The molecule has 0 radical (unpaired) electrons. The lowest BCUT2D eigenvalue weighted by atomic mass is 10.0. The fraction of sp³-hybridized carbons (Fsp3) is 0.167. The molecule has 4 heterocycles. The van der Waals surface area contributed by atoms with Gasteiger partial charge < -0.3 is 4.74 Å². The summed E-state index contributed by atoms with van der Waals surface area (Å²) in [7, 11) is 4.83. The molecule has 4 aromatic rings. The number of methoxy groups -OCH3 is 1. The number of rotatable bonds is 3. The van der Waals surface area contributed by atoms with Crippen LogP contribution in [0.5, 0.6) is 0 Å². The van der Waals surface area contributed by atoms with Crippen molar-refractivity contribution in [1.29, 1.82) is 5.26 Å². The van der Waals surface area contributed by atoms with Crippen LogP contribution in [0.2, 0.25) is 0 Å². The Morgan fingerprint density at radius 2 is 1.96 bits per heavy atom. The van der Waals surface area contributed by atoms with Gasteiger partial charge in [-0.3, -0.25) is 9.36 Å². The highest BCUT2D eigenvalue weighted by atomic mass is 16.5. The number of hydrogen-bond acceptors (Lipinski definition) is 6. The van der Waals surface area contributed by atoms with E-state index in [9.17, 15) is 10.1 Å². The van der Waals surface area contributed by atoms with E-state index in [0.29, 0.717) is 28.0 Å². The van der Waals surface area contributed by atoms with Gasteiger partial charge in [-0.1, -0.05) is 0 Å². The summed E-state index contributed by atoms with van der Waals surface area (Å²) >= 11 is 0. The van der Waals surface area contributed by atoms with Crippen LogP contribution < -0.4 is 0 Å². The minimum absolute atomic E-state index is 0.315. The molecule has 9 heteroatoms. The molecule has 0 aliphatic carbocycles. The van der Waals surface area contributed by atoms with Crippen LogP contribution in [0.25, 0.3) is 27.9 Å². The lowest BCUT2D eigenvalue weighted by molar-refractivity contribution is 0.0588. The molecule has 0 bridgehead atoms. The van der Waals surface area contributed by atoms with Crippen molar-refractivity contribution in [3.8, 4) is 28.5 Å². The molecule has 27 heavy (non-hydrogen) atoms. The summed E-state index contributed by atoms with van der Waals surface area (Å²) in [6, 6.07) is 5.71. The van der Waals surface area contributed by atoms with Crippen LogP contribution in [-0.4, -0.2) is 42.3 Å². The average molecular weight is 361 g/mol. The number of nitrogens with zero attached hydrogens (tertiary/aromatic N) is 7. The number of aryl methyl sites for hydroxylation is 2. The molecule has 0 fully saturated rings. The molecule has 4 aromatic heterocycles. The highest BCUT2D eigenvalue weighted by Gasteiger charge is 2.19. The van der Waals surface area contributed by atoms with Gasteiger partial charge in [0.1, 0.15) is 11.8 Å². The number of carbonyl (C=O) groups is 1. The summed E-state index contributed by atoms with van der Waals surface area (Å²) in [6.07, 6.45) is 6.98. The number of esters is 1. The third kappa shape index (κ3) is 2.64. The molecule has 4 rings (SSSR count). The molecule has 0 spiro atoms. The Morgan fingerprint density at radius 1 is 1.15 bits per heavy atom. The molecule has 0 unspecified atom stereocenters. The molecule has 0 saturated carbocycles. The second kappa shape index (κ2) is 6.10. The topological polar surface area (TPSA) is 103 Å². The number of carbonyl (C=O) groups excluding carboxylic acids is 1. The summed E-state index contributed by atoms with van der Waals surface area (Å²) in [4.78, 5) is 11.9. The van der Waals surface area contributed by atoms with Crippen LogP contribution in [-0.2, 0) is 18.8 Å². The van der Waals surface area contributed by atoms with Gasteiger partial charge in [0.05, 0.1) is 36.3 Å². The average Bonchev–Trinajstić information content (AvgIpc) is 3.38. The lowest BCUT2D eigenvalue weighted by Crippen LogP contribution is -2.07. The van der Waals surface area contributed by atoms with Gasteiger partial charge in [0.2, 0.25) is 0 Å². The first-order valence-electron chi connectivity index (χ1n) is 8.05. The minimum Gasteiger partial charge on any atom is -0.464 e. The Bertz CT molecular complexity index is 1220. The molecule has 0 saturated heterocycles. The zero-order valence-corrected chi connectivity index (χ0v) is 14.9. The Morgan fingerprint density at radius 3 is 2.63 bits per heavy atom. The van der Waals surface area contributed by atoms with E-state index in [-0.39, 0.29) is 0 Å². The Hall–Kier alpha value is -3.93. The monoisotopic (exact) mass is 361 g/mol. The third-order valence-electron chi connectivity index (χ3n) is 4.32. The molecule has 0 atom stereocenters. The zero-order valence-electron chi connectivity index (χ0n) is 14.9. The third-order valence-corrected chi connectivity index (χ3v) is 4.32. The highest BCUT2D eigenvalue weighted by molar-refractivity contribution is 5.92. The number of ether oxygens (including phenoxy) is 1. The molecule has 134 valence electrons. The lowest BCUT2D eigenvalue weighted by Gasteiger charge is -2.06. The van der Waals surface area contributed by atoms with E-state index in [2.05, 4.69) is 21.4 Å². The van der Waals surface area contributed by atoms with Crippen molar-refractivity contribution >= 4 is 11.5 Å². The van der Waals surface area contributed by atoms with Crippen molar-refractivity contribution < 1.29 is 9.53 Å². The molecule has 0 amide bonds. The van der Waals surface area contributed by atoms with Crippen molar-refractivity contribution in [1.82, 2.24) is 29.2 Å². The van der Waals surface area contributed by atoms with Gasteiger partial charge in [-0.25, -0.2) is 9.31 Å². The maximum atomic E-state index is 11.9. The number of hydrogen-bond donors (Lipinski definition) is 0. The second-order valence-electron chi connectivity index (χ2n) is 6.04. The second-order valence-corrected chi connectivity index (χ2v) is 6.04. The normalized spacial score (nSPS) is 10.9. The van der Waals surface area contributed by atoms with Crippen LogP contribution in [0.1, 0.15) is 16.1 Å². The van der Waals surface area contributed by atoms with E-state index in [1.165, 1.54) is 18.0 Å². The first-order chi connectivity index (χ1) is 13.0. The number of aromatic nitrogens is 6. The van der Waals surface area contributed by atoms with Crippen molar-refractivity contribution in [2.75, 3.05) is 7.11 Å². The number of fused-ring (bicyclic) bond motifs is 1. The van der Waals surface area contributed by atoms with E-state index >= 15 is 0 Å². The van der Waals surface area contributed by atoms with Gasteiger partial charge in [-0.2, -0.15) is 20.6 Å². The Labute approximate surface area is 154 Å². The first kappa shape index (κ1) is 16.5. The molecule has 9 nitrogen and oxygen atoms in total. The van der Waals surface area contributed by atoms with E-state index < -0.39 is 5.97 Å². The maximum absolute atomic E-state index is 11.9. The fourth-order valence-electron chi connectivity index (χ4n) is 3.02. The molecule has 0 aliphatic rings. The van der Waals surface area contributed by atoms with Crippen LogP contribution >= 0.6 is 0 Å². The number of pyridine rings is 1. The van der Waals surface area contributed by atoms with Crippen LogP contribution in [0, 0.1) is 11.3 Å². The highest BCUT2D eigenvalue weighted by Crippen LogP contribution is 2.31. The number of nitriles is 1. The summed E-state index contributed by atoms with van der Waals surface area (Å²) in [6.45, 7) is 0. The van der Waals surface area contributed by atoms with Crippen LogP contribution in [0.15, 0.2) is 36.9 Å². The molecular formula is C18H15N7O2. The van der Waals surface area contributed by atoms with Crippen molar-refractivity contribution in [2.45, 2.75) is 0 Å². The van der Waals surface area contributed by atoms with Crippen molar-refractivity contribution in [3.05, 3.63) is 48.2 Å². The minimum atomic E-state index is -0.482. The van der Waals surface area contributed by atoms with Crippen molar-refractivity contribution in [3.63, 3.8) is 0 Å². The van der Waals surface area contributed by atoms with E-state index in [4.69, 9.17) is 4.74 Å². The predicted octanol–water partition coefficient (Wildman–Crippen LogP) is 1.79. The molecule has 0 aliphatic heterocycles. The van der Waals surface area contributed by atoms with Gasteiger partial charge in [0, 0.05) is 43.2 Å². The molecule has 0 aromatic carbocycles. The standard InChI is InChI=1S/C18H15N7O2/c1-23-9-13(8-20-23)11-4-14(17-12(6-19)7-21-25(17)10-11)15-5-16(18(26)27-3)24(2)22-15/h4-5,7-10H,1-3H3. The zero-order chi connectivity index (χ0) is 19.1. The van der Waals surface area contributed by atoms with E-state index in [1.54, 1.807) is 28.5 Å².